The van der Waals surface area contributed by atoms with Crippen LogP contribution in [0.3, 0.4) is 0 Å². The molecule has 1 fully saturated rings. The summed E-state index contributed by atoms with van der Waals surface area (Å²) in [5, 5.41) is 0. The fraction of sp³-hybridized carbons (Fsp3) is 0.562. The first kappa shape index (κ1) is 14.2. The van der Waals surface area contributed by atoms with Gasteiger partial charge in [0.25, 0.3) is 0 Å². The zero-order chi connectivity index (χ0) is 13.7. The van der Waals surface area contributed by atoms with Crippen LogP contribution in [0.25, 0.3) is 0 Å². The largest absolute Gasteiger partial charge is 0.381 e. The van der Waals surface area contributed by atoms with E-state index in [0.29, 0.717) is 0 Å². The van der Waals surface area contributed by atoms with Crippen LogP contribution in [-0.4, -0.2) is 31.7 Å². The summed E-state index contributed by atoms with van der Waals surface area (Å²) in [6.45, 7) is 2.18. The number of aryl methyl sites for hydroxylation is 1. The summed E-state index contributed by atoms with van der Waals surface area (Å²) in [6, 6.07) is 7.63. The van der Waals surface area contributed by atoms with Gasteiger partial charge in [-0.25, -0.2) is 0 Å². The molecule has 0 saturated heterocycles. The van der Waals surface area contributed by atoms with Crippen molar-refractivity contribution in [2.45, 2.75) is 44.8 Å². The van der Waals surface area contributed by atoms with Crippen LogP contribution in [0.5, 0.6) is 0 Å². The van der Waals surface area contributed by atoms with E-state index in [1.54, 1.807) is 7.11 Å². The standard InChI is InChI=1S/C16H22O3/c1-12-6-8-13(9-7-12)16(17)11-19-15-5-3-4-14(10-15)18-2/h6-9,14-15H,3-5,10-11H2,1-2H3. The van der Waals surface area contributed by atoms with Gasteiger partial charge in [0.1, 0.15) is 6.61 Å². The van der Waals surface area contributed by atoms with Gasteiger partial charge in [-0.05, 0) is 32.6 Å². The molecule has 1 aliphatic carbocycles. The summed E-state index contributed by atoms with van der Waals surface area (Å²) in [5.74, 6) is 0.0551. The van der Waals surface area contributed by atoms with Crippen molar-refractivity contribution in [3.63, 3.8) is 0 Å². The zero-order valence-corrected chi connectivity index (χ0v) is 11.7. The summed E-state index contributed by atoms with van der Waals surface area (Å²) in [7, 11) is 1.74. The molecule has 104 valence electrons. The van der Waals surface area contributed by atoms with E-state index in [1.165, 1.54) is 0 Å². The maximum Gasteiger partial charge on any atom is 0.188 e. The molecule has 1 aliphatic rings. The Labute approximate surface area is 114 Å². The maximum atomic E-state index is 12.0. The molecule has 0 N–H and O–H groups in total. The van der Waals surface area contributed by atoms with Gasteiger partial charge in [0, 0.05) is 12.7 Å². The van der Waals surface area contributed by atoms with Crippen molar-refractivity contribution < 1.29 is 14.3 Å². The molecule has 1 aromatic carbocycles. The van der Waals surface area contributed by atoms with Crippen molar-refractivity contribution in [2.24, 2.45) is 0 Å². The first-order valence-electron chi connectivity index (χ1n) is 6.93. The van der Waals surface area contributed by atoms with Gasteiger partial charge >= 0.3 is 0 Å². The van der Waals surface area contributed by atoms with E-state index in [4.69, 9.17) is 9.47 Å². The Morgan fingerprint density at radius 3 is 2.58 bits per heavy atom. The van der Waals surface area contributed by atoms with E-state index in [9.17, 15) is 4.79 Å². The molecule has 2 atom stereocenters. The molecule has 1 aromatic rings. The number of rotatable bonds is 5. The molecular weight excluding hydrogens is 240 g/mol. The fourth-order valence-corrected chi connectivity index (χ4v) is 2.48. The number of carbonyl (C=O) groups excluding carboxylic acids is 1. The van der Waals surface area contributed by atoms with Crippen molar-refractivity contribution in [2.75, 3.05) is 13.7 Å². The SMILES string of the molecule is COC1CCCC(OCC(=O)c2ccc(C)cc2)C1. The summed E-state index contributed by atoms with van der Waals surface area (Å²) < 4.78 is 11.1. The van der Waals surface area contributed by atoms with Crippen LogP contribution < -0.4 is 0 Å². The second-order valence-corrected chi connectivity index (χ2v) is 5.25. The van der Waals surface area contributed by atoms with Gasteiger partial charge in [-0.2, -0.15) is 0 Å². The van der Waals surface area contributed by atoms with Gasteiger partial charge in [-0.3, -0.25) is 4.79 Å². The molecule has 19 heavy (non-hydrogen) atoms. The van der Waals surface area contributed by atoms with Gasteiger partial charge in [0.2, 0.25) is 0 Å². The number of ether oxygens (including phenoxy) is 2. The van der Waals surface area contributed by atoms with Crippen LogP contribution in [0.4, 0.5) is 0 Å². The Morgan fingerprint density at radius 1 is 1.21 bits per heavy atom. The van der Waals surface area contributed by atoms with Crippen LogP contribution in [-0.2, 0) is 9.47 Å². The van der Waals surface area contributed by atoms with E-state index >= 15 is 0 Å². The van der Waals surface area contributed by atoms with Gasteiger partial charge in [-0.1, -0.05) is 29.8 Å². The number of hydrogen-bond donors (Lipinski definition) is 0. The number of hydrogen-bond acceptors (Lipinski definition) is 3. The number of methoxy groups -OCH3 is 1. The molecule has 0 radical (unpaired) electrons. The minimum atomic E-state index is 0.0551. The molecule has 3 heteroatoms. The summed E-state index contributed by atoms with van der Waals surface area (Å²) in [4.78, 5) is 12.0. The smallest absolute Gasteiger partial charge is 0.188 e. The Hall–Kier alpha value is -1.19. The third kappa shape index (κ3) is 4.15. The fourth-order valence-electron chi connectivity index (χ4n) is 2.48. The average Bonchev–Trinajstić information content (AvgIpc) is 2.46. The first-order chi connectivity index (χ1) is 9.19. The van der Waals surface area contributed by atoms with Gasteiger partial charge in [0.05, 0.1) is 12.2 Å². The quantitative estimate of drug-likeness (QED) is 0.765. The van der Waals surface area contributed by atoms with Crippen LogP contribution in [0.2, 0.25) is 0 Å². The second kappa shape index (κ2) is 6.83. The second-order valence-electron chi connectivity index (χ2n) is 5.25. The Morgan fingerprint density at radius 2 is 1.89 bits per heavy atom. The average molecular weight is 262 g/mol. The lowest BCUT2D eigenvalue weighted by atomic mass is 9.95. The van der Waals surface area contributed by atoms with Crippen LogP contribution in [0, 0.1) is 6.92 Å². The minimum Gasteiger partial charge on any atom is -0.381 e. The van der Waals surface area contributed by atoms with Crippen molar-refractivity contribution in [1.82, 2.24) is 0 Å². The molecule has 0 aromatic heterocycles. The lowest BCUT2D eigenvalue weighted by Crippen LogP contribution is -2.29. The van der Waals surface area contributed by atoms with Gasteiger partial charge < -0.3 is 9.47 Å². The highest BCUT2D eigenvalue weighted by Crippen LogP contribution is 2.23. The molecule has 2 unspecified atom stereocenters. The molecule has 2 rings (SSSR count). The molecule has 0 heterocycles. The molecule has 0 aliphatic heterocycles. The predicted molar refractivity (Wildman–Crippen MR) is 74.5 cm³/mol. The van der Waals surface area contributed by atoms with Crippen LogP contribution >= 0.6 is 0 Å². The maximum absolute atomic E-state index is 12.0. The zero-order valence-electron chi connectivity index (χ0n) is 11.7. The summed E-state index contributed by atoms with van der Waals surface area (Å²) in [6.07, 6.45) is 4.59. The Balaban J connectivity index is 1.81. The number of Topliss-reactive ketones (excluding diaryl/α,β-unsaturated/α-hetero) is 1. The van der Waals surface area contributed by atoms with Crippen molar-refractivity contribution in [3.8, 4) is 0 Å². The highest BCUT2D eigenvalue weighted by molar-refractivity contribution is 5.97. The molecule has 1 saturated carbocycles. The third-order valence-electron chi connectivity index (χ3n) is 3.73. The first-order valence-corrected chi connectivity index (χ1v) is 6.93. The molecule has 0 spiro atoms. The van der Waals surface area contributed by atoms with E-state index in [0.717, 1.165) is 36.8 Å². The van der Waals surface area contributed by atoms with E-state index in [1.807, 2.05) is 31.2 Å². The number of ketones is 1. The van der Waals surface area contributed by atoms with E-state index < -0.39 is 0 Å². The van der Waals surface area contributed by atoms with Crippen molar-refractivity contribution in [1.29, 1.82) is 0 Å². The monoisotopic (exact) mass is 262 g/mol. The lowest BCUT2D eigenvalue weighted by Gasteiger charge is -2.27. The number of benzene rings is 1. The normalized spacial score (nSPS) is 23.3. The summed E-state index contributed by atoms with van der Waals surface area (Å²) >= 11 is 0. The van der Waals surface area contributed by atoms with Crippen LogP contribution in [0.15, 0.2) is 24.3 Å². The topological polar surface area (TPSA) is 35.5 Å². The third-order valence-corrected chi connectivity index (χ3v) is 3.73. The predicted octanol–water partition coefficient (Wildman–Crippen LogP) is 3.15. The molecule has 0 bridgehead atoms. The Kier molecular flexibility index (Phi) is 5.11. The number of carbonyl (C=O) groups is 1. The minimum absolute atomic E-state index is 0.0551. The van der Waals surface area contributed by atoms with E-state index in [-0.39, 0.29) is 24.6 Å². The highest BCUT2D eigenvalue weighted by Gasteiger charge is 2.22. The molecular formula is C16H22O3. The van der Waals surface area contributed by atoms with Gasteiger partial charge in [0.15, 0.2) is 5.78 Å². The van der Waals surface area contributed by atoms with Crippen molar-refractivity contribution >= 4 is 5.78 Å². The Bertz CT molecular complexity index is 411. The van der Waals surface area contributed by atoms with Crippen LogP contribution in [0.1, 0.15) is 41.6 Å². The molecule has 0 amide bonds. The highest BCUT2D eigenvalue weighted by atomic mass is 16.5. The van der Waals surface area contributed by atoms with E-state index in [2.05, 4.69) is 0 Å². The lowest BCUT2D eigenvalue weighted by molar-refractivity contribution is -0.0243. The summed E-state index contributed by atoms with van der Waals surface area (Å²) in [5.41, 5.74) is 1.89. The van der Waals surface area contributed by atoms with Gasteiger partial charge in [-0.15, -0.1) is 0 Å². The van der Waals surface area contributed by atoms with Crippen molar-refractivity contribution in [3.05, 3.63) is 35.4 Å². The molecule has 3 nitrogen and oxygen atoms in total.